The van der Waals surface area contributed by atoms with E-state index in [1.165, 1.54) is 0 Å². The molecule has 0 radical (unpaired) electrons. The first-order chi connectivity index (χ1) is 8.81. The van der Waals surface area contributed by atoms with Crippen molar-refractivity contribution in [1.82, 2.24) is 10.1 Å². The highest BCUT2D eigenvalue weighted by Crippen LogP contribution is 2.25. The van der Waals surface area contributed by atoms with Gasteiger partial charge >= 0.3 is 0 Å². The Kier molecular flexibility index (Phi) is 3.45. The Balaban J connectivity index is 1.64. The minimum atomic E-state index is 0.375. The number of rotatable bonds is 3. The molecule has 2 aromatic heterocycles. The SMILES string of the molecule is NC1CCN(Cc2cc(-c3cccs3)on2)CC1. The van der Waals surface area contributed by atoms with Crippen LogP contribution in [0.2, 0.25) is 0 Å². The van der Waals surface area contributed by atoms with Crippen LogP contribution in [0.25, 0.3) is 10.6 Å². The number of nitrogens with two attached hydrogens (primary N) is 1. The lowest BCUT2D eigenvalue weighted by Gasteiger charge is -2.29. The highest BCUT2D eigenvalue weighted by Gasteiger charge is 2.17. The van der Waals surface area contributed by atoms with Crippen LogP contribution in [0, 0.1) is 0 Å². The van der Waals surface area contributed by atoms with E-state index in [2.05, 4.69) is 16.1 Å². The van der Waals surface area contributed by atoms with Gasteiger partial charge in [0.05, 0.1) is 10.6 Å². The Bertz CT molecular complexity index is 486. The van der Waals surface area contributed by atoms with Gasteiger partial charge in [0.15, 0.2) is 5.76 Å². The summed E-state index contributed by atoms with van der Waals surface area (Å²) >= 11 is 1.67. The van der Waals surface area contributed by atoms with Gasteiger partial charge in [-0.05, 0) is 24.3 Å². The van der Waals surface area contributed by atoms with Gasteiger partial charge in [-0.2, -0.15) is 0 Å². The summed E-state index contributed by atoms with van der Waals surface area (Å²) < 4.78 is 5.38. The predicted octanol–water partition coefficient (Wildman–Crippen LogP) is 2.33. The van der Waals surface area contributed by atoms with E-state index >= 15 is 0 Å². The molecule has 0 amide bonds. The van der Waals surface area contributed by atoms with E-state index in [0.29, 0.717) is 6.04 Å². The Morgan fingerprint density at radius 1 is 1.44 bits per heavy atom. The van der Waals surface area contributed by atoms with Crippen LogP contribution in [0.3, 0.4) is 0 Å². The molecule has 0 spiro atoms. The van der Waals surface area contributed by atoms with Crippen LogP contribution in [0.4, 0.5) is 0 Å². The monoisotopic (exact) mass is 263 g/mol. The largest absolute Gasteiger partial charge is 0.355 e. The van der Waals surface area contributed by atoms with Crippen molar-refractivity contribution in [2.45, 2.75) is 25.4 Å². The van der Waals surface area contributed by atoms with E-state index in [4.69, 9.17) is 10.3 Å². The van der Waals surface area contributed by atoms with E-state index in [1.54, 1.807) is 11.3 Å². The second-order valence-electron chi connectivity index (χ2n) is 4.77. The van der Waals surface area contributed by atoms with Crippen LogP contribution < -0.4 is 5.73 Å². The first-order valence-corrected chi connectivity index (χ1v) is 7.16. The van der Waals surface area contributed by atoms with Gasteiger partial charge in [-0.25, -0.2) is 0 Å². The number of thiophene rings is 1. The smallest absolute Gasteiger partial charge is 0.177 e. The molecule has 3 heterocycles. The average molecular weight is 263 g/mol. The number of hydrogen-bond acceptors (Lipinski definition) is 5. The highest BCUT2D eigenvalue weighted by atomic mass is 32.1. The zero-order chi connectivity index (χ0) is 12.4. The minimum Gasteiger partial charge on any atom is -0.355 e. The van der Waals surface area contributed by atoms with Crippen LogP contribution in [-0.2, 0) is 6.54 Å². The summed E-state index contributed by atoms with van der Waals surface area (Å²) in [6.07, 6.45) is 2.16. The van der Waals surface area contributed by atoms with E-state index in [9.17, 15) is 0 Å². The number of piperidine rings is 1. The molecule has 1 aliphatic heterocycles. The van der Waals surface area contributed by atoms with E-state index < -0.39 is 0 Å². The van der Waals surface area contributed by atoms with E-state index in [0.717, 1.165) is 48.8 Å². The van der Waals surface area contributed by atoms with Gasteiger partial charge in [0.25, 0.3) is 0 Å². The molecule has 1 aliphatic rings. The van der Waals surface area contributed by atoms with Gasteiger partial charge in [-0.1, -0.05) is 11.2 Å². The fourth-order valence-corrected chi connectivity index (χ4v) is 2.93. The van der Waals surface area contributed by atoms with Crippen molar-refractivity contribution in [3.8, 4) is 10.6 Å². The molecule has 1 fully saturated rings. The fraction of sp³-hybridized carbons (Fsp3) is 0.462. The fourth-order valence-electron chi connectivity index (χ4n) is 2.26. The lowest BCUT2D eigenvalue weighted by Crippen LogP contribution is -2.39. The van der Waals surface area contributed by atoms with Gasteiger partial charge in [-0.15, -0.1) is 11.3 Å². The van der Waals surface area contributed by atoms with Gasteiger partial charge in [0, 0.05) is 31.7 Å². The lowest BCUT2D eigenvalue weighted by molar-refractivity contribution is 0.200. The van der Waals surface area contributed by atoms with Crippen molar-refractivity contribution in [2.24, 2.45) is 5.73 Å². The first kappa shape index (κ1) is 11.9. The van der Waals surface area contributed by atoms with Crippen molar-refractivity contribution in [1.29, 1.82) is 0 Å². The maximum atomic E-state index is 5.90. The number of nitrogens with zero attached hydrogens (tertiary/aromatic N) is 2. The molecule has 0 saturated carbocycles. The van der Waals surface area contributed by atoms with Crippen molar-refractivity contribution < 1.29 is 4.52 Å². The van der Waals surface area contributed by atoms with Crippen molar-refractivity contribution in [2.75, 3.05) is 13.1 Å². The molecule has 5 heteroatoms. The third-order valence-corrected chi connectivity index (χ3v) is 4.23. The predicted molar refractivity (Wildman–Crippen MR) is 72.3 cm³/mol. The third-order valence-electron chi connectivity index (χ3n) is 3.34. The molecule has 0 atom stereocenters. The van der Waals surface area contributed by atoms with Crippen molar-refractivity contribution in [3.63, 3.8) is 0 Å². The van der Waals surface area contributed by atoms with Gasteiger partial charge < -0.3 is 10.3 Å². The Morgan fingerprint density at radius 3 is 3.00 bits per heavy atom. The molecule has 0 aromatic carbocycles. The maximum Gasteiger partial charge on any atom is 0.177 e. The molecule has 18 heavy (non-hydrogen) atoms. The second-order valence-corrected chi connectivity index (χ2v) is 5.72. The summed E-state index contributed by atoms with van der Waals surface area (Å²) in [5.41, 5.74) is 6.91. The summed E-state index contributed by atoms with van der Waals surface area (Å²) in [4.78, 5) is 3.52. The highest BCUT2D eigenvalue weighted by molar-refractivity contribution is 7.13. The standard InChI is InChI=1S/C13H17N3OS/c14-10-3-5-16(6-4-10)9-11-8-12(17-15-11)13-2-1-7-18-13/h1-2,7-8,10H,3-6,9,14H2. The molecule has 2 aromatic rings. The third kappa shape index (κ3) is 2.63. The molecule has 0 aliphatic carbocycles. The molecule has 2 N–H and O–H groups in total. The van der Waals surface area contributed by atoms with Crippen molar-refractivity contribution in [3.05, 3.63) is 29.3 Å². The van der Waals surface area contributed by atoms with Gasteiger partial charge in [-0.3, -0.25) is 4.90 Å². The van der Waals surface area contributed by atoms with Crippen LogP contribution >= 0.6 is 11.3 Å². The van der Waals surface area contributed by atoms with E-state index in [-0.39, 0.29) is 0 Å². The molecular weight excluding hydrogens is 246 g/mol. The normalized spacial score (nSPS) is 18.3. The maximum absolute atomic E-state index is 5.90. The number of likely N-dealkylation sites (tertiary alicyclic amines) is 1. The molecule has 4 nitrogen and oxygen atoms in total. The lowest BCUT2D eigenvalue weighted by atomic mass is 10.1. The molecule has 0 unspecified atom stereocenters. The van der Waals surface area contributed by atoms with Crippen LogP contribution in [0.5, 0.6) is 0 Å². The summed E-state index contributed by atoms with van der Waals surface area (Å²) in [6.45, 7) is 2.98. The second kappa shape index (κ2) is 5.22. The summed E-state index contributed by atoms with van der Waals surface area (Å²) in [5.74, 6) is 0.869. The Morgan fingerprint density at radius 2 is 2.28 bits per heavy atom. The van der Waals surface area contributed by atoms with E-state index in [1.807, 2.05) is 17.5 Å². The number of aromatic nitrogens is 1. The minimum absolute atomic E-state index is 0.375. The molecule has 3 rings (SSSR count). The first-order valence-electron chi connectivity index (χ1n) is 6.28. The summed E-state index contributed by atoms with van der Waals surface area (Å²) in [7, 11) is 0. The van der Waals surface area contributed by atoms with Crippen LogP contribution in [0.1, 0.15) is 18.5 Å². The Hall–Kier alpha value is -1.17. The average Bonchev–Trinajstić information content (AvgIpc) is 3.02. The topological polar surface area (TPSA) is 55.3 Å². The Labute approximate surface area is 110 Å². The summed E-state index contributed by atoms with van der Waals surface area (Å²) in [5, 5.41) is 6.19. The van der Waals surface area contributed by atoms with Crippen LogP contribution in [0.15, 0.2) is 28.1 Å². The zero-order valence-corrected chi connectivity index (χ0v) is 11.0. The molecule has 0 bridgehead atoms. The van der Waals surface area contributed by atoms with Crippen molar-refractivity contribution >= 4 is 11.3 Å². The quantitative estimate of drug-likeness (QED) is 0.923. The molecular formula is C13H17N3OS. The van der Waals surface area contributed by atoms with Crippen LogP contribution in [-0.4, -0.2) is 29.2 Å². The van der Waals surface area contributed by atoms with Gasteiger partial charge in [0.2, 0.25) is 0 Å². The summed E-state index contributed by atoms with van der Waals surface area (Å²) in [6, 6.07) is 6.49. The molecule has 96 valence electrons. The van der Waals surface area contributed by atoms with Gasteiger partial charge in [0.1, 0.15) is 0 Å². The molecule has 1 saturated heterocycles. The zero-order valence-electron chi connectivity index (χ0n) is 10.2. The number of hydrogen-bond donors (Lipinski definition) is 1.